The van der Waals surface area contributed by atoms with Gasteiger partial charge in [-0.05, 0) is 33.6 Å². The fourth-order valence-electron chi connectivity index (χ4n) is 2.58. The van der Waals surface area contributed by atoms with Crippen molar-refractivity contribution in [2.75, 3.05) is 17.5 Å². The Labute approximate surface area is 123 Å². The predicted molar refractivity (Wildman–Crippen MR) is 78.1 cm³/mol. The minimum absolute atomic E-state index is 0.202. The highest BCUT2D eigenvalue weighted by Gasteiger charge is 2.41. The molecule has 2 aliphatic heterocycles. The molecule has 0 aromatic carbocycles. The zero-order chi connectivity index (χ0) is 13.3. The second kappa shape index (κ2) is 5.53. The van der Waals surface area contributed by atoms with Gasteiger partial charge in [-0.3, -0.25) is 0 Å². The molecule has 3 unspecified atom stereocenters. The Morgan fingerprint density at radius 3 is 2.72 bits per heavy atom. The molecule has 0 aliphatic carbocycles. The molecule has 0 saturated carbocycles. The molecule has 0 aromatic heterocycles. The van der Waals surface area contributed by atoms with Crippen LogP contribution in [0.3, 0.4) is 0 Å². The van der Waals surface area contributed by atoms with Gasteiger partial charge in [0.05, 0.1) is 18.8 Å². The molecule has 0 N–H and O–H groups in total. The lowest BCUT2D eigenvalue weighted by molar-refractivity contribution is -0.0504. The van der Waals surface area contributed by atoms with Gasteiger partial charge in [-0.25, -0.2) is 4.79 Å². The molecular weight excluding hydrogens is 345 g/mol. The topological polar surface area (TPSA) is 38.8 Å². The highest BCUT2D eigenvalue weighted by Crippen LogP contribution is 2.32. The average molecular weight is 367 g/mol. The van der Waals surface area contributed by atoms with Crippen molar-refractivity contribution in [3.63, 3.8) is 0 Å². The normalized spacial score (nSPS) is 32.2. The Morgan fingerprint density at radius 1 is 1.39 bits per heavy atom. The summed E-state index contributed by atoms with van der Waals surface area (Å²) in [6.45, 7) is 7.17. The molecule has 5 heteroatoms. The third-order valence-electron chi connectivity index (χ3n) is 3.43. The number of ether oxygens (including phenoxy) is 2. The lowest BCUT2D eigenvalue weighted by Gasteiger charge is -2.30. The number of alkyl halides is 1. The molecule has 0 bridgehead atoms. The average Bonchev–Trinajstić information content (AvgIpc) is 2.69. The summed E-state index contributed by atoms with van der Waals surface area (Å²) in [5.74, 6) is 0.497. The van der Waals surface area contributed by atoms with E-state index in [4.69, 9.17) is 9.47 Å². The number of hydrogen-bond acceptors (Lipinski definition) is 3. The van der Waals surface area contributed by atoms with Gasteiger partial charge in [0.2, 0.25) is 0 Å². The van der Waals surface area contributed by atoms with Crippen molar-refractivity contribution < 1.29 is 14.3 Å². The van der Waals surface area contributed by atoms with E-state index in [1.54, 1.807) is 4.90 Å². The van der Waals surface area contributed by atoms with Crippen molar-refractivity contribution in [1.82, 2.24) is 4.90 Å². The molecule has 104 valence electrons. The fourth-order valence-corrected chi connectivity index (χ4v) is 3.23. The number of carbonyl (C=O) groups excluding carboxylic acids is 1. The molecule has 0 radical (unpaired) electrons. The van der Waals surface area contributed by atoms with Crippen LogP contribution < -0.4 is 0 Å². The summed E-state index contributed by atoms with van der Waals surface area (Å²) in [6, 6.07) is 0. The summed E-state index contributed by atoms with van der Waals surface area (Å²) in [5.41, 5.74) is -0.420. The third kappa shape index (κ3) is 3.50. The second-order valence-corrected chi connectivity index (χ2v) is 7.05. The van der Waals surface area contributed by atoms with Gasteiger partial charge in [0.15, 0.2) is 0 Å². The summed E-state index contributed by atoms with van der Waals surface area (Å²) < 4.78 is 12.5. The van der Waals surface area contributed by atoms with Gasteiger partial charge in [-0.2, -0.15) is 0 Å². The number of carbonyl (C=O) groups is 1. The largest absolute Gasteiger partial charge is 0.444 e. The van der Waals surface area contributed by atoms with E-state index in [0.717, 1.165) is 23.8 Å². The van der Waals surface area contributed by atoms with Crippen LogP contribution in [0.25, 0.3) is 0 Å². The van der Waals surface area contributed by atoms with Crippen LogP contribution in [0.1, 0.15) is 33.6 Å². The highest BCUT2D eigenvalue weighted by atomic mass is 127. The Morgan fingerprint density at radius 2 is 2.11 bits per heavy atom. The van der Waals surface area contributed by atoms with Crippen LogP contribution in [0.5, 0.6) is 0 Å². The molecule has 2 rings (SSSR count). The van der Waals surface area contributed by atoms with E-state index in [1.165, 1.54) is 0 Å². The third-order valence-corrected chi connectivity index (χ3v) is 4.41. The predicted octanol–water partition coefficient (Wildman–Crippen LogP) is 2.84. The second-order valence-electron chi connectivity index (χ2n) is 6.17. The Bertz CT molecular complexity index is 316. The molecule has 1 amide bonds. The van der Waals surface area contributed by atoms with Gasteiger partial charge < -0.3 is 14.4 Å². The Balaban J connectivity index is 1.90. The summed E-state index contributed by atoms with van der Waals surface area (Å²) >= 11 is 2.37. The molecule has 0 spiro atoms. The van der Waals surface area contributed by atoms with E-state index in [9.17, 15) is 4.79 Å². The minimum atomic E-state index is -0.420. The molecule has 0 aromatic rings. The van der Waals surface area contributed by atoms with Gasteiger partial charge in [-0.15, -0.1) is 0 Å². The van der Waals surface area contributed by atoms with Gasteiger partial charge in [0.1, 0.15) is 5.60 Å². The maximum atomic E-state index is 12.0. The van der Waals surface area contributed by atoms with Crippen LogP contribution in [0.15, 0.2) is 0 Å². The van der Waals surface area contributed by atoms with Gasteiger partial charge in [0.25, 0.3) is 0 Å². The highest BCUT2D eigenvalue weighted by molar-refractivity contribution is 14.1. The van der Waals surface area contributed by atoms with Gasteiger partial charge in [0, 0.05) is 16.9 Å². The standard InChI is InChI=1S/C13H22INO3/c1-13(2,3)18-12(16)15-7-9-4-5-10(6-14)17-11(9)8-15/h9-11H,4-8H2,1-3H3. The van der Waals surface area contributed by atoms with Crippen molar-refractivity contribution in [3.8, 4) is 0 Å². The van der Waals surface area contributed by atoms with Crippen LogP contribution in [0, 0.1) is 5.92 Å². The number of hydrogen-bond donors (Lipinski definition) is 0. The number of fused-ring (bicyclic) bond motifs is 1. The summed E-state index contributed by atoms with van der Waals surface area (Å²) in [5, 5.41) is 0. The lowest BCUT2D eigenvalue weighted by Crippen LogP contribution is -2.37. The van der Waals surface area contributed by atoms with E-state index >= 15 is 0 Å². The van der Waals surface area contributed by atoms with Crippen LogP contribution >= 0.6 is 22.6 Å². The molecule has 2 heterocycles. The first kappa shape index (κ1) is 14.4. The molecule has 2 saturated heterocycles. The molecule has 2 aliphatic rings. The molecule has 3 atom stereocenters. The monoisotopic (exact) mass is 367 g/mol. The smallest absolute Gasteiger partial charge is 0.410 e. The lowest BCUT2D eigenvalue weighted by atomic mass is 9.95. The number of nitrogens with zero attached hydrogens (tertiary/aromatic N) is 1. The van der Waals surface area contributed by atoms with E-state index in [1.807, 2.05) is 20.8 Å². The van der Waals surface area contributed by atoms with Crippen LogP contribution in [-0.2, 0) is 9.47 Å². The summed E-state index contributed by atoms with van der Waals surface area (Å²) in [4.78, 5) is 13.8. The Hall–Kier alpha value is -0.0400. The van der Waals surface area contributed by atoms with E-state index < -0.39 is 5.60 Å². The zero-order valence-corrected chi connectivity index (χ0v) is 13.5. The Kier molecular flexibility index (Phi) is 4.41. The van der Waals surface area contributed by atoms with Crippen molar-refractivity contribution in [2.45, 2.75) is 51.4 Å². The fraction of sp³-hybridized carbons (Fsp3) is 0.923. The molecule has 2 fully saturated rings. The van der Waals surface area contributed by atoms with Crippen LogP contribution in [-0.4, -0.2) is 46.3 Å². The molecular formula is C13H22INO3. The van der Waals surface area contributed by atoms with Gasteiger partial charge in [-0.1, -0.05) is 22.6 Å². The first-order valence-corrected chi connectivity index (χ1v) is 8.11. The van der Waals surface area contributed by atoms with Crippen molar-refractivity contribution >= 4 is 28.7 Å². The van der Waals surface area contributed by atoms with Gasteiger partial charge >= 0.3 is 6.09 Å². The van der Waals surface area contributed by atoms with Crippen molar-refractivity contribution in [2.24, 2.45) is 5.92 Å². The maximum Gasteiger partial charge on any atom is 0.410 e. The number of amides is 1. The quantitative estimate of drug-likeness (QED) is 0.529. The van der Waals surface area contributed by atoms with E-state index in [0.29, 0.717) is 18.6 Å². The summed E-state index contributed by atoms with van der Waals surface area (Å²) in [6.07, 6.45) is 2.66. The van der Waals surface area contributed by atoms with Crippen molar-refractivity contribution in [1.29, 1.82) is 0 Å². The molecule has 18 heavy (non-hydrogen) atoms. The molecule has 4 nitrogen and oxygen atoms in total. The van der Waals surface area contributed by atoms with Crippen LogP contribution in [0.4, 0.5) is 4.79 Å². The minimum Gasteiger partial charge on any atom is -0.444 e. The number of rotatable bonds is 1. The van der Waals surface area contributed by atoms with E-state index in [2.05, 4.69) is 22.6 Å². The SMILES string of the molecule is CC(C)(C)OC(=O)N1CC2CCC(CI)OC2C1. The van der Waals surface area contributed by atoms with Crippen molar-refractivity contribution in [3.05, 3.63) is 0 Å². The maximum absolute atomic E-state index is 12.0. The summed E-state index contributed by atoms with van der Waals surface area (Å²) in [7, 11) is 0. The zero-order valence-electron chi connectivity index (χ0n) is 11.3. The number of likely N-dealkylation sites (tertiary alicyclic amines) is 1. The number of halogens is 1. The first-order chi connectivity index (χ1) is 8.39. The van der Waals surface area contributed by atoms with E-state index in [-0.39, 0.29) is 12.2 Å². The van der Waals surface area contributed by atoms with Crippen LogP contribution in [0.2, 0.25) is 0 Å². The first-order valence-electron chi connectivity index (χ1n) is 6.58.